The van der Waals surface area contributed by atoms with Crippen LogP contribution >= 0.6 is 0 Å². The molecule has 2 aromatic carbocycles. The lowest BCUT2D eigenvalue weighted by Gasteiger charge is -2.04. The topological polar surface area (TPSA) is 70.6 Å². The molecule has 122 valence electrons. The Morgan fingerprint density at radius 1 is 1.00 bits per heavy atom. The molecule has 0 radical (unpaired) electrons. The van der Waals surface area contributed by atoms with Crippen LogP contribution in [0.2, 0.25) is 0 Å². The zero-order valence-electron chi connectivity index (χ0n) is 13.4. The van der Waals surface area contributed by atoms with Crippen molar-refractivity contribution in [2.24, 2.45) is 5.10 Å². The van der Waals surface area contributed by atoms with Crippen molar-refractivity contribution in [1.29, 1.82) is 0 Å². The Bertz CT molecular complexity index is 735. The van der Waals surface area contributed by atoms with Gasteiger partial charge in [-0.2, -0.15) is 5.10 Å². The molecule has 0 atom stereocenters. The molecule has 0 fully saturated rings. The van der Waals surface area contributed by atoms with E-state index in [9.17, 15) is 9.59 Å². The van der Waals surface area contributed by atoms with E-state index in [2.05, 4.69) is 15.8 Å². The van der Waals surface area contributed by atoms with Gasteiger partial charge in [0.2, 0.25) is 0 Å². The minimum atomic E-state index is -0.820. The summed E-state index contributed by atoms with van der Waals surface area (Å²) in [7, 11) is 0. The summed E-state index contributed by atoms with van der Waals surface area (Å²) in [5, 5.41) is 6.22. The minimum Gasteiger partial charge on any atom is -0.318 e. The largest absolute Gasteiger partial charge is 0.329 e. The highest BCUT2D eigenvalue weighted by molar-refractivity contribution is 6.39. The van der Waals surface area contributed by atoms with Crippen LogP contribution in [0.4, 0.5) is 5.69 Å². The van der Waals surface area contributed by atoms with Crippen molar-refractivity contribution in [2.45, 2.75) is 13.3 Å². The molecule has 5 nitrogen and oxygen atoms in total. The van der Waals surface area contributed by atoms with E-state index in [0.717, 1.165) is 17.5 Å². The molecule has 0 spiro atoms. The number of hydrazone groups is 1. The van der Waals surface area contributed by atoms with Crippen LogP contribution < -0.4 is 10.7 Å². The lowest BCUT2D eigenvalue weighted by molar-refractivity contribution is -0.136. The Morgan fingerprint density at radius 2 is 1.71 bits per heavy atom. The average molecular weight is 321 g/mol. The fourth-order valence-electron chi connectivity index (χ4n) is 1.92. The van der Waals surface area contributed by atoms with Crippen molar-refractivity contribution in [3.63, 3.8) is 0 Å². The molecule has 0 heterocycles. The maximum Gasteiger partial charge on any atom is 0.329 e. The van der Waals surface area contributed by atoms with Gasteiger partial charge in [0.1, 0.15) is 0 Å². The first-order valence-electron chi connectivity index (χ1n) is 7.64. The van der Waals surface area contributed by atoms with E-state index in [4.69, 9.17) is 0 Å². The number of carbonyl (C=O) groups is 2. The zero-order valence-corrected chi connectivity index (χ0v) is 13.4. The van der Waals surface area contributed by atoms with Crippen LogP contribution in [0.1, 0.15) is 18.1 Å². The second kappa shape index (κ2) is 9.05. The molecule has 24 heavy (non-hydrogen) atoms. The van der Waals surface area contributed by atoms with E-state index in [0.29, 0.717) is 5.69 Å². The van der Waals surface area contributed by atoms with Crippen LogP contribution in [0.3, 0.4) is 0 Å². The highest BCUT2D eigenvalue weighted by Gasteiger charge is 2.12. The fourth-order valence-corrected chi connectivity index (χ4v) is 1.92. The van der Waals surface area contributed by atoms with Crippen molar-refractivity contribution in [2.75, 3.05) is 5.32 Å². The van der Waals surface area contributed by atoms with Crippen molar-refractivity contribution in [3.8, 4) is 0 Å². The van der Waals surface area contributed by atoms with Crippen molar-refractivity contribution < 1.29 is 9.59 Å². The molecule has 2 rings (SSSR count). The molecule has 2 amide bonds. The first kappa shape index (κ1) is 17.1. The summed E-state index contributed by atoms with van der Waals surface area (Å²) in [6.45, 7) is 2.05. The van der Waals surface area contributed by atoms with Crippen molar-refractivity contribution in [3.05, 3.63) is 71.8 Å². The van der Waals surface area contributed by atoms with Crippen molar-refractivity contribution in [1.82, 2.24) is 5.43 Å². The number of nitrogens with one attached hydrogen (secondary N) is 2. The highest BCUT2D eigenvalue weighted by Crippen LogP contribution is 2.09. The van der Waals surface area contributed by atoms with Crippen LogP contribution in [-0.4, -0.2) is 18.0 Å². The molecule has 0 aliphatic rings. The molecule has 2 N–H and O–H groups in total. The van der Waals surface area contributed by atoms with E-state index < -0.39 is 11.8 Å². The number of aryl methyl sites for hydroxylation is 1. The number of carbonyl (C=O) groups excluding carboxylic acids is 2. The lowest BCUT2D eigenvalue weighted by atomic mass is 10.1. The molecule has 0 unspecified atom stereocenters. The molecule has 5 heteroatoms. The average Bonchev–Trinajstić information content (AvgIpc) is 2.62. The van der Waals surface area contributed by atoms with Gasteiger partial charge in [-0.15, -0.1) is 0 Å². The number of rotatable bonds is 5. The van der Waals surface area contributed by atoms with Gasteiger partial charge in [0, 0.05) is 11.9 Å². The zero-order chi connectivity index (χ0) is 17.2. The van der Waals surface area contributed by atoms with Crippen LogP contribution in [-0.2, 0) is 16.0 Å². The summed E-state index contributed by atoms with van der Waals surface area (Å²) in [4.78, 5) is 23.4. The summed E-state index contributed by atoms with van der Waals surface area (Å²) in [5.41, 5.74) is 4.93. The van der Waals surface area contributed by atoms with Gasteiger partial charge in [-0.3, -0.25) is 9.59 Å². The smallest absolute Gasteiger partial charge is 0.318 e. The van der Waals surface area contributed by atoms with Crippen LogP contribution in [0.25, 0.3) is 6.08 Å². The standard InChI is InChI=1S/C19H19N3O2/c1-2-15-10-12-17(13-11-15)21-18(23)19(24)22-20-14-6-9-16-7-4-3-5-8-16/h3-14H,2H2,1H3,(H,21,23)(H,22,24)/b9-6+,20-14-. The number of hydrogen-bond acceptors (Lipinski definition) is 3. The molecule has 2 aromatic rings. The Hall–Kier alpha value is -3.21. The number of benzene rings is 2. The monoisotopic (exact) mass is 321 g/mol. The molecular formula is C19H19N3O2. The normalized spacial score (nSPS) is 10.9. The lowest BCUT2D eigenvalue weighted by Crippen LogP contribution is -2.32. The Balaban J connectivity index is 1.79. The second-order valence-corrected chi connectivity index (χ2v) is 4.99. The molecule has 0 aromatic heterocycles. The van der Waals surface area contributed by atoms with E-state index in [-0.39, 0.29) is 0 Å². The fraction of sp³-hybridized carbons (Fsp3) is 0.105. The van der Waals surface area contributed by atoms with Gasteiger partial charge in [0.05, 0.1) is 0 Å². The molecule has 0 saturated heterocycles. The van der Waals surface area contributed by atoms with Gasteiger partial charge in [-0.05, 0) is 35.8 Å². The van der Waals surface area contributed by atoms with Crippen LogP contribution in [0.15, 0.2) is 65.8 Å². The summed E-state index contributed by atoms with van der Waals surface area (Å²) >= 11 is 0. The van der Waals surface area contributed by atoms with E-state index >= 15 is 0 Å². The Morgan fingerprint density at radius 3 is 2.38 bits per heavy atom. The Kier molecular flexibility index (Phi) is 6.46. The van der Waals surface area contributed by atoms with E-state index in [1.165, 1.54) is 6.21 Å². The third kappa shape index (κ3) is 5.53. The van der Waals surface area contributed by atoms with Gasteiger partial charge in [0.25, 0.3) is 0 Å². The maximum absolute atomic E-state index is 11.7. The van der Waals surface area contributed by atoms with Gasteiger partial charge >= 0.3 is 11.8 Å². The number of anilines is 1. The predicted octanol–water partition coefficient (Wildman–Crippen LogP) is 3.00. The summed E-state index contributed by atoms with van der Waals surface area (Å²) < 4.78 is 0. The van der Waals surface area contributed by atoms with Crippen molar-refractivity contribution >= 4 is 29.8 Å². The second-order valence-electron chi connectivity index (χ2n) is 4.99. The van der Waals surface area contributed by atoms with Gasteiger partial charge < -0.3 is 5.32 Å². The third-order valence-corrected chi connectivity index (χ3v) is 3.24. The quantitative estimate of drug-likeness (QED) is 0.505. The van der Waals surface area contributed by atoms with Gasteiger partial charge in [0.15, 0.2) is 0 Å². The predicted molar refractivity (Wildman–Crippen MR) is 96.6 cm³/mol. The minimum absolute atomic E-state index is 0.570. The van der Waals surface area contributed by atoms with Gasteiger partial charge in [-0.25, -0.2) is 5.43 Å². The first-order chi connectivity index (χ1) is 11.7. The summed E-state index contributed by atoms with van der Waals surface area (Å²) in [6.07, 6.45) is 5.84. The number of amides is 2. The maximum atomic E-state index is 11.7. The molecular weight excluding hydrogens is 302 g/mol. The van der Waals surface area contributed by atoms with E-state index in [1.807, 2.05) is 55.5 Å². The van der Waals surface area contributed by atoms with Crippen LogP contribution in [0, 0.1) is 0 Å². The Labute approximate surface area is 141 Å². The summed E-state index contributed by atoms with van der Waals surface area (Å²) in [6, 6.07) is 17.0. The van der Waals surface area contributed by atoms with Gasteiger partial charge in [-0.1, -0.05) is 55.5 Å². The van der Waals surface area contributed by atoms with E-state index in [1.54, 1.807) is 18.2 Å². The summed E-state index contributed by atoms with van der Waals surface area (Å²) in [5.74, 6) is -1.58. The first-order valence-corrected chi connectivity index (χ1v) is 7.64. The molecule has 0 aliphatic heterocycles. The number of nitrogens with zero attached hydrogens (tertiary/aromatic N) is 1. The van der Waals surface area contributed by atoms with Crippen LogP contribution in [0.5, 0.6) is 0 Å². The molecule has 0 bridgehead atoms. The third-order valence-electron chi connectivity index (χ3n) is 3.24. The molecule has 0 aliphatic carbocycles. The number of allylic oxidation sites excluding steroid dienone is 1. The molecule has 0 saturated carbocycles. The highest BCUT2D eigenvalue weighted by atomic mass is 16.2. The SMILES string of the molecule is CCc1ccc(NC(=O)C(=O)N/N=C\C=C\c2ccccc2)cc1. The number of hydrogen-bond donors (Lipinski definition) is 2.